The van der Waals surface area contributed by atoms with Crippen LogP contribution in [0, 0.1) is 11.6 Å². The van der Waals surface area contributed by atoms with E-state index in [1.807, 2.05) is 0 Å². The van der Waals surface area contributed by atoms with Crippen molar-refractivity contribution in [1.82, 2.24) is 0 Å². The number of aliphatic hydroxyl groups is 1. The molecule has 0 unspecified atom stereocenters. The molecule has 1 heterocycles. The number of phenolic OH excluding ortho intramolecular Hbond substituents is 1. The third kappa shape index (κ3) is 3.84. The standard InChI is InChI=1S/C23H19F2NO4/c24-15-3-7-17(8-4-15)26-22(20(28)13-30-19-11-5-16(25)6-12-19)21(23(26)29)14-1-9-18(27)10-2-14/h1-12,20-22,27-28H,13H2/t20-,21-,22+/m0/s1. The molecular formula is C23H19F2NO4. The van der Waals surface area contributed by atoms with E-state index in [9.17, 15) is 23.8 Å². The summed E-state index contributed by atoms with van der Waals surface area (Å²) >= 11 is 0. The van der Waals surface area contributed by atoms with Crippen LogP contribution in [0.1, 0.15) is 11.5 Å². The predicted octanol–water partition coefficient (Wildman–Crippen LogP) is 3.61. The molecular weight excluding hydrogens is 392 g/mol. The zero-order valence-electron chi connectivity index (χ0n) is 15.8. The summed E-state index contributed by atoms with van der Waals surface area (Å²) in [7, 11) is 0. The van der Waals surface area contributed by atoms with E-state index in [0.29, 0.717) is 17.0 Å². The Kier molecular flexibility index (Phi) is 5.37. The first-order chi connectivity index (χ1) is 14.4. The maximum atomic E-state index is 13.3. The second-order valence-corrected chi connectivity index (χ2v) is 7.08. The smallest absolute Gasteiger partial charge is 0.237 e. The number of carbonyl (C=O) groups excluding carboxylic acids is 1. The first-order valence-electron chi connectivity index (χ1n) is 9.38. The van der Waals surface area contributed by atoms with Gasteiger partial charge >= 0.3 is 0 Å². The third-order valence-electron chi connectivity index (χ3n) is 5.13. The van der Waals surface area contributed by atoms with Gasteiger partial charge in [-0.25, -0.2) is 8.78 Å². The molecule has 0 radical (unpaired) electrons. The van der Waals surface area contributed by atoms with E-state index in [4.69, 9.17) is 4.74 Å². The molecule has 1 amide bonds. The number of nitrogens with zero attached hydrogens (tertiary/aromatic N) is 1. The van der Waals surface area contributed by atoms with Gasteiger partial charge in [-0.1, -0.05) is 12.1 Å². The first kappa shape index (κ1) is 19.8. The highest BCUT2D eigenvalue weighted by Gasteiger charge is 2.52. The van der Waals surface area contributed by atoms with Gasteiger partial charge in [-0.15, -0.1) is 0 Å². The molecule has 3 aromatic rings. The highest BCUT2D eigenvalue weighted by atomic mass is 19.1. The van der Waals surface area contributed by atoms with Crippen LogP contribution in [0.2, 0.25) is 0 Å². The molecule has 1 fully saturated rings. The molecule has 7 heteroatoms. The van der Waals surface area contributed by atoms with Gasteiger partial charge in [0.15, 0.2) is 0 Å². The Bertz CT molecular complexity index is 967. The van der Waals surface area contributed by atoms with Gasteiger partial charge in [0.25, 0.3) is 0 Å². The largest absolute Gasteiger partial charge is 0.508 e. The number of anilines is 1. The number of hydrogen-bond donors (Lipinski definition) is 2. The molecule has 4 rings (SSSR count). The van der Waals surface area contributed by atoms with Crippen molar-refractivity contribution in [2.24, 2.45) is 0 Å². The van der Waals surface area contributed by atoms with Crippen LogP contribution < -0.4 is 9.64 Å². The SMILES string of the molecule is O=C1[C@@H](c2ccc(O)cc2)[C@@H]([C@@H](O)COc2ccc(F)cc2)N1c1ccc(F)cc1. The number of β-lactam (4-membered cyclic amide) rings is 1. The van der Waals surface area contributed by atoms with Crippen LogP contribution in [0.3, 0.4) is 0 Å². The van der Waals surface area contributed by atoms with Crippen molar-refractivity contribution in [2.45, 2.75) is 18.1 Å². The van der Waals surface area contributed by atoms with E-state index in [-0.39, 0.29) is 18.3 Å². The van der Waals surface area contributed by atoms with Gasteiger partial charge in [0.1, 0.15) is 35.8 Å². The van der Waals surface area contributed by atoms with E-state index in [2.05, 4.69) is 0 Å². The summed E-state index contributed by atoms with van der Waals surface area (Å²) in [6, 6.07) is 16.4. The van der Waals surface area contributed by atoms with Crippen LogP contribution in [-0.2, 0) is 4.79 Å². The highest BCUT2D eigenvalue weighted by molar-refractivity contribution is 6.06. The van der Waals surface area contributed by atoms with Crippen LogP contribution in [0.5, 0.6) is 11.5 Å². The van der Waals surface area contributed by atoms with E-state index < -0.39 is 29.7 Å². The van der Waals surface area contributed by atoms with E-state index in [1.54, 1.807) is 12.1 Å². The minimum atomic E-state index is -1.07. The van der Waals surface area contributed by atoms with E-state index in [0.717, 1.165) is 0 Å². The van der Waals surface area contributed by atoms with Crippen LogP contribution in [-0.4, -0.2) is 34.9 Å². The molecule has 3 atom stereocenters. The Morgan fingerprint density at radius 1 is 0.900 bits per heavy atom. The van der Waals surface area contributed by atoms with Crippen molar-refractivity contribution in [3.8, 4) is 11.5 Å². The van der Waals surface area contributed by atoms with Crippen molar-refractivity contribution in [2.75, 3.05) is 11.5 Å². The fourth-order valence-corrected chi connectivity index (χ4v) is 3.64. The van der Waals surface area contributed by atoms with Gasteiger partial charge in [0, 0.05) is 5.69 Å². The van der Waals surface area contributed by atoms with Crippen LogP contribution >= 0.6 is 0 Å². The fraction of sp³-hybridized carbons (Fsp3) is 0.174. The summed E-state index contributed by atoms with van der Waals surface area (Å²) in [5, 5.41) is 20.4. The van der Waals surface area contributed by atoms with Gasteiger partial charge < -0.3 is 19.8 Å². The zero-order chi connectivity index (χ0) is 21.3. The Hall–Kier alpha value is -3.45. The molecule has 1 aliphatic heterocycles. The molecule has 0 saturated carbocycles. The summed E-state index contributed by atoms with van der Waals surface area (Å²) in [5.74, 6) is -1.28. The van der Waals surface area contributed by atoms with Gasteiger partial charge in [-0.05, 0) is 66.2 Å². The minimum absolute atomic E-state index is 0.0673. The lowest BCUT2D eigenvalue weighted by Crippen LogP contribution is -2.65. The Morgan fingerprint density at radius 3 is 2.07 bits per heavy atom. The molecule has 1 saturated heterocycles. The number of halogens is 2. The quantitative estimate of drug-likeness (QED) is 0.608. The van der Waals surface area contributed by atoms with Crippen molar-refractivity contribution in [3.63, 3.8) is 0 Å². The Morgan fingerprint density at radius 2 is 1.47 bits per heavy atom. The normalized spacial score (nSPS) is 19.3. The van der Waals surface area contributed by atoms with Crippen molar-refractivity contribution < 1.29 is 28.5 Å². The van der Waals surface area contributed by atoms with Crippen LogP contribution in [0.4, 0.5) is 14.5 Å². The monoisotopic (exact) mass is 411 g/mol. The summed E-state index contributed by atoms with van der Waals surface area (Å²) in [5.41, 5.74) is 1.10. The lowest BCUT2D eigenvalue weighted by atomic mass is 9.78. The first-order valence-corrected chi connectivity index (χ1v) is 9.38. The maximum absolute atomic E-state index is 13.3. The summed E-state index contributed by atoms with van der Waals surface area (Å²) < 4.78 is 31.9. The molecule has 0 spiro atoms. The molecule has 3 aromatic carbocycles. The number of hydrogen-bond acceptors (Lipinski definition) is 4. The predicted molar refractivity (Wildman–Crippen MR) is 106 cm³/mol. The molecule has 2 N–H and O–H groups in total. The van der Waals surface area contributed by atoms with Crippen LogP contribution in [0.15, 0.2) is 72.8 Å². The molecule has 30 heavy (non-hydrogen) atoms. The summed E-state index contributed by atoms with van der Waals surface area (Å²) in [6.45, 7) is -0.129. The molecule has 1 aliphatic rings. The van der Waals surface area contributed by atoms with Gasteiger partial charge in [0.2, 0.25) is 5.91 Å². The number of ether oxygens (including phenoxy) is 1. The minimum Gasteiger partial charge on any atom is -0.508 e. The van der Waals surface area contributed by atoms with Crippen molar-refractivity contribution in [1.29, 1.82) is 0 Å². The number of phenols is 1. The van der Waals surface area contributed by atoms with E-state index in [1.165, 1.54) is 65.6 Å². The maximum Gasteiger partial charge on any atom is 0.237 e. The van der Waals surface area contributed by atoms with Crippen molar-refractivity contribution in [3.05, 3.63) is 90.0 Å². The molecule has 0 bridgehead atoms. The number of benzene rings is 3. The number of aliphatic hydroxyl groups excluding tert-OH is 1. The average molecular weight is 411 g/mol. The number of rotatable bonds is 6. The zero-order valence-corrected chi connectivity index (χ0v) is 15.8. The van der Waals surface area contributed by atoms with Crippen molar-refractivity contribution >= 4 is 11.6 Å². The fourth-order valence-electron chi connectivity index (χ4n) is 3.64. The topological polar surface area (TPSA) is 70.0 Å². The van der Waals surface area contributed by atoms with E-state index >= 15 is 0 Å². The molecule has 0 aliphatic carbocycles. The lowest BCUT2D eigenvalue weighted by Gasteiger charge is -2.49. The number of amides is 1. The second kappa shape index (κ2) is 8.12. The number of aromatic hydroxyl groups is 1. The van der Waals surface area contributed by atoms with Gasteiger partial charge in [-0.2, -0.15) is 0 Å². The van der Waals surface area contributed by atoms with Crippen LogP contribution in [0.25, 0.3) is 0 Å². The average Bonchev–Trinajstić information content (AvgIpc) is 2.74. The summed E-state index contributed by atoms with van der Waals surface area (Å²) in [6.07, 6.45) is -1.07. The molecule has 0 aromatic heterocycles. The lowest BCUT2D eigenvalue weighted by molar-refractivity contribution is -0.129. The third-order valence-corrected chi connectivity index (χ3v) is 5.13. The number of carbonyl (C=O) groups is 1. The Balaban J connectivity index is 1.58. The van der Waals surface area contributed by atoms with Gasteiger partial charge in [-0.3, -0.25) is 4.79 Å². The molecule has 5 nitrogen and oxygen atoms in total. The molecule has 154 valence electrons. The van der Waals surface area contributed by atoms with Gasteiger partial charge in [0.05, 0.1) is 12.0 Å². The summed E-state index contributed by atoms with van der Waals surface area (Å²) in [4.78, 5) is 14.3. The highest BCUT2D eigenvalue weighted by Crippen LogP contribution is 2.41. The Labute approximate surface area is 171 Å². The second-order valence-electron chi connectivity index (χ2n) is 7.08.